The first-order valence-electron chi connectivity index (χ1n) is 6.75. The number of benzene rings is 1. The number of nitrogens with one attached hydrogen (secondary N) is 1. The number of ether oxygens (including phenoxy) is 1. The highest BCUT2D eigenvalue weighted by Crippen LogP contribution is 2.40. The quantitative estimate of drug-likeness (QED) is 0.826. The van der Waals surface area contributed by atoms with Gasteiger partial charge in [0, 0.05) is 23.1 Å². The van der Waals surface area contributed by atoms with Crippen molar-refractivity contribution in [3.05, 3.63) is 35.9 Å². The number of carbonyl (C=O) groups is 1. The Labute approximate surface area is 119 Å². The first-order chi connectivity index (χ1) is 9.45. The summed E-state index contributed by atoms with van der Waals surface area (Å²) in [6, 6.07) is 7.54. The molecule has 1 aromatic rings. The largest absolute Gasteiger partial charge is 0.496 e. The summed E-state index contributed by atoms with van der Waals surface area (Å²) in [5.41, 5.74) is 0.603. The fourth-order valence-corrected chi connectivity index (χ4v) is 2.34. The highest BCUT2D eigenvalue weighted by Gasteiger charge is 2.47. The molecule has 0 aromatic heterocycles. The van der Waals surface area contributed by atoms with Crippen molar-refractivity contribution in [3.63, 3.8) is 0 Å². The third kappa shape index (κ3) is 2.85. The van der Waals surface area contributed by atoms with E-state index < -0.39 is 0 Å². The van der Waals surface area contributed by atoms with Crippen LogP contribution in [0, 0.1) is 5.41 Å². The van der Waals surface area contributed by atoms with E-state index in [4.69, 9.17) is 4.74 Å². The maximum absolute atomic E-state index is 11.9. The van der Waals surface area contributed by atoms with Crippen molar-refractivity contribution in [2.75, 3.05) is 7.11 Å². The summed E-state index contributed by atoms with van der Waals surface area (Å²) in [5.74, 6) is 0.580. The number of rotatable bonds is 4. The highest BCUT2D eigenvalue weighted by atomic mass is 16.5. The molecule has 1 saturated carbocycles. The molecule has 108 valence electrons. The van der Waals surface area contributed by atoms with Crippen LogP contribution in [0.1, 0.15) is 25.8 Å². The molecule has 4 nitrogen and oxygen atoms in total. The molecule has 4 heteroatoms. The second-order valence-corrected chi connectivity index (χ2v) is 5.71. The van der Waals surface area contributed by atoms with Crippen LogP contribution >= 0.6 is 0 Å². The average Bonchev–Trinajstić information content (AvgIpc) is 2.45. The lowest BCUT2D eigenvalue weighted by Crippen LogP contribution is -2.60. The molecular weight excluding hydrogens is 254 g/mol. The minimum Gasteiger partial charge on any atom is -0.496 e. The van der Waals surface area contributed by atoms with Crippen LogP contribution in [0.25, 0.3) is 6.08 Å². The van der Waals surface area contributed by atoms with E-state index in [0.29, 0.717) is 6.42 Å². The highest BCUT2D eigenvalue weighted by molar-refractivity contribution is 5.92. The van der Waals surface area contributed by atoms with Crippen molar-refractivity contribution in [2.45, 2.75) is 32.4 Å². The van der Waals surface area contributed by atoms with Gasteiger partial charge in [-0.15, -0.1) is 0 Å². The maximum atomic E-state index is 11.9. The number of amides is 1. The van der Waals surface area contributed by atoms with Gasteiger partial charge in [-0.05, 0) is 18.6 Å². The second kappa shape index (κ2) is 5.67. The molecule has 0 radical (unpaired) electrons. The van der Waals surface area contributed by atoms with Gasteiger partial charge in [0.15, 0.2) is 0 Å². The molecule has 2 atom stereocenters. The number of aliphatic hydroxyl groups excluding tert-OH is 1. The number of hydrogen-bond acceptors (Lipinski definition) is 3. The van der Waals surface area contributed by atoms with Crippen LogP contribution in [0.3, 0.4) is 0 Å². The molecule has 0 heterocycles. The molecule has 1 fully saturated rings. The topological polar surface area (TPSA) is 58.6 Å². The third-order valence-electron chi connectivity index (χ3n) is 4.09. The number of hydrogen-bond donors (Lipinski definition) is 2. The Morgan fingerprint density at radius 2 is 2.15 bits per heavy atom. The molecule has 2 unspecified atom stereocenters. The maximum Gasteiger partial charge on any atom is 0.244 e. The van der Waals surface area contributed by atoms with Crippen LogP contribution in [-0.4, -0.2) is 30.3 Å². The van der Waals surface area contributed by atoms with Crippen LogP contribution in [0.2, 0.25) is 0 Å². The first-order valence-corrected chi connectivity index (χ1v) is 6.75. The number of methoxy groups -OCH3 is 1. The van der Waals surface area contributed by atoms with Crippen molar-refractivity contribution < 1.29 is 14.6 Å². The molecule has 0 bridgehead atoms. The average molecular weight is 275 g/mol. The van der Waals surface area contributed by atoms with E-state index in [1.807, 2.05) is 38.1 Å². The second-order valence-electron chi connectivity index (χ2n) is 5.71. The summed E-state index contributed by atoms with van der Waals surface area (Å²) in [4.78, 5) is 11.9. The van der Waals surface area contributed by atoms with Gasteiger partial charge in [-0.1, -0.05) is 32.0 Å². The van der Waals surface area contributed by atoms with E-state index in [0.717, 1.165) is 11.3 Å². The Morgan fingerprint density at radius 3 is 2.75 bits per heavy atom. The van der Waals surface area contributed by atoms with Crippen molar-refractivity contribution >= 4 is 12.0 Å². The zero-order valence-electron chi connectivity index (χ0n) is 12.1. The summed E-state index contributed by atoms with van der Waals surface area (Å²) < 4.78 is 5.22. The summed E-state index contributed by atoms with van der Waals surface area (Å²) in [7, 11) is 1.60. The van der Waals surface area contributed by atoms with Crippen LogP contribution in [0.4, 0.5) is 0 Å². The molecule has 0 saturated heterocycles. The molecule has 0 aliphatic heterocycles. The molecular formula is C16H21NO3. The Bertz CT molecular complexity index is 522. The lowest BCUT2D eigenvalue weighted by molar-refractivity contribution is -0.124. The zero-order chi connectivity index (χ0) is 14.8. The molecule has 1 aliphatic rings. The lowest BCUT2D eigenvalue weighted by Gasteiger charge is -2.49. The molecule has 1 aliphatic carbocycles. The molecule has 1 amide bonds. The Hall–Kier alpha value is -1.81. The molecule has 2 N–H and O–H groups in total. The van der Waals surface area contributed by atoms with Gasteiger partial charge in [-0.3, -0.25) is 4.79 Å². The third-order valence-corrected chi connectivity index (χ3v) is 4.09. The van der Waals surface area contributed by atoms with E-state index >= 15 is 0 Å². The molecule has 20 heavy (non-hydrogen) atoms. The van der Waals surface area contributed by atoms with Gasteiger partial charge in [-0.25, -0.2) is 0 Å². The van der Waals surface area contributed by atoms with Gasteiger partial charge < -0.3 is 15.2 Å². The van der Waals surface area contributed by atoms with Crippen LogP contribution in [0.15, 0.2) is 30.3 Å². The van der Waals surface area contributed by atoms with Crippen LogP contribution in [-0.2, 0) is 4.79 Å². The van der Waals surface area contributed by atoms with Gasteiger partial charge in [0.25, 0.3) is 0 Å². The van der Waals surface area contributed by atoms with E-state index in [9.17, 15) is 9.90 Å². The zero-order valence-corrected chi connectivity index (χ0v) is 12.1. The number of carbonyl (C=O) groups excluding carboxylic acids is 1. The van der Waals surface area contributed by atoms with E-state index in [-0.39, 0.29) is 23.5 Å². The predicted molar refractivity (Wildman–Crippen MR) is 78.4 cm³/mol. The normalized spacial score (nSPS) is 24.2. The monoisotopic (exact) mass is 275 g/mol. The van der Waals surface area contributed by atoms with Crippen molar-refractivity contribution in [3.8, 4) is 5.75 Å². The van der Waals surface area contributed by atoms with E-state index in [2.05, 4.69) is 5.32 Å². The Balaban J connectivity index is 1.97. The summed E-state index contributed by atoms with van der Waals surface area (Å²) in [6.07, 6.45) is 3.50. The van der Waals surface area contributed by atoms with Gasteiger partial charge in [0.1, 0.15) is 5.75 Å². The summed E-state index contributed by atoms with van der Waals surface area (Å²) in [5, 5.41) is 12.6. The van der Waals surface area contributed by atoms with Crippen molar-refractivity contribution in [1.29, 1.82) is 0 Å². The summed E-state index contributed by atoms with van der Waals surface area (Å²) in [6.45, 7) is 3.91. The predicted octanol–water partition coefficient (Wildman–Crippen LogP) is 1.98. The van der Waals surface area contributed by atoms with Crippen molar-refractivity contribution in [2.24, 2.45) is 5.41 Å². The SMILES string of the molecule is COc1ccccc1/C=C/C(=O)NC1CC(O)C1(C)C. The van der Waals surface area contributed by atoms with Gasteiger partial charge in [-0.2, -0.15) is 0 Å². The number of para-hydroxylation sites is 1. The number of aliphatic hydroxyl groups is 1. The van der Waals surface area contributed by atoms with Crippen molar-refractivity contribution in [1.82, 2.24) is 5.32 Å². The Morgan fingerprint density at radius 1 is 1.45 bits per heavy atom. The van der Waals surface area contributed by atoms with E-state index in [1.165, 1.54) is 6.08 Å². The first kappa shape index (κ1) is 14.6. The fourth-order valence-electron chi connectivity index (χ4n) is 2.34. The lowest BCUT2D eigenvalue weighted by atomic mass is 9.64. The van der Waals surface area contributed by atoms with Crippen LogP contribution in [0.5, 0.6) is 5.75 Å². The molecule has 2 rings (SSSR count). The smallest absolute Gasteiger partial charge is 0.244 e. The van der Waals surface area contributed by atoms with Gasteiger partial charge >= 0.3 is 0 Å². The molecule has 0 spiro atoms. The molecule has 1 aromatic carbocycles. The Kier molecular flexibility index (Phi) is 4.14. The van der Waals surface area contributed by atoms with Gasteiger partial charge in [0.05, 0.1) is 13.2 Å². The van der Waals surface area contributed by atoms with Gasteiger partial charge in [0.2, 0.25) is 5.91 Å². The minimum absolute atomic E-state index is 0.0207. The van der Waals surface area contributed by atoms with E-state index in [1.54, 1.807) is 13.2 Å². The van der Waals surface area contributed by atoms with Crippen LogP contribution < -0.4 is 10.1 Å². The standard InChI is InChI=1S/C16H21NO3/c1-16(2)13(10-14(16)18)17-15(19)9-8-11-6-4-5-7-12(11)20-3/h4-9,13-14,18H,10H2,1-3H3,(H,17,19)/b9-8+. The minimum atomic E-state index is -0.342. The fraction of sp³-hybridized carbons (Fsp3) is 0.438. The summed E-state index contributed by atoms with van der Waals surface area (Å²) >= 11 is 0.